The number of nitrogens with zero attached hydrogens (tertiary/aromatic N) is 1. The van der Waals surface area contributed by atoms with Gasteiger partial charge in [-0.25, -0.2) is 0 Å². The average molecular weight is 211 g/mol. The van der Waals surface area contributed by atoms with Gasteiger partial charge in [0.25, 0.3) is 0 Å². The quantitative estimate of drug-likeness (QED) is 0.709. The highest BCUT2D eigenvalue weighted by Crippen LogP contribution is 2.49. The summed E-state index contributed by atoms with van der Waals surface area (Å²) in [5.74, 6) is 0. The van der Waals surface area contributed by atoms with Gasteiger partial charge in [0.05, 0.1) is 12.2 Å². The van der Waals surface area contributed by atoms with E-state index in [0.717, 1.165) is 19.5 Å². The first-order chi connectivity index (χ1) is 7.17. The summed E-state index contributed by atoms with van der Waals surface area (Å²) < 4.78 is 5.89. The molecule has 1 heterocycles. The lowest BCUT2D eigenvalue weighted by Gasteiger charge is -2.38. The van der Waals surface area contributed by atoms with E-state index in [1.165, 1.54) is 25.8 Å². The Labute approximate surface area is 94.0 Å². The van der Waals surface area contributed by atoms with Crippen LogP contribution in [0.3, 0.4) is 0 Å². The van der Waals surface area contributed by atoms with Gasteiger partial charge in [-0.05, 0) is 38.0 Å². The molecule has 0 aromatic rings. The van der Waals surface area contributed by atoms with Crippen molar-refractivity contribution >= 4 is 0 Å². The second kappa shape index (κ2) is 4.42. The van der Waals surface area contributed by atoms with Crippen LogP contribution in [0.1, 0.15) is 46.5 Å². The van der Waals surface area contributed by atoms with E-state index in [9.17, 15) is 0 Å². The molecule has 2 atom stereocenters. The lowest BCUT2D eigenvalue weighted by atomic mass is 10.0. The third-order valence-corrected chi connectivity index (χ3v) is 4.12. The fourth-order valence-corrected chi connectivity index (χ4v) is 2.77. The molecule has 0 spiro atoms. The SMILES string of the molecule is CC[C@H]1CN(CC2(CC)CC2)C[C@H](C)O1. The van der Waals surface area contributed by atoms with Crippen molar-refractivity contribution in [1.82, 2.24) is 4.90 Å². The highest BCUT2D eigenvalue weighted by molar-refractivity contribution is 4.95. The number of rotatable bonds is 4. The number of hydrogen-bond acceptors (Lipinski definition) is 2. The molecule has 0 bridgehead atoms. The Bertz CT molecular complexity index is 213. The minimum Gasteiger partial charge on any atom is -0.373 e. The lowest BCUT2D eigenvalue weighted by molar-refractivity contribution is -0.0820. The highest BCUT2D eigenvalue weighted by atomic mass is 16.5. The summed E-state index contributed by atoms with van der Waals surface area (Å²) in [6, 6.07) is 0. The molecule has 1 aliphatic carbocycles. The molecule has 0 amide bonds. The number of ether oxygens (including phenoxy) is 1. The molecule has 15 heavy (non-hydrogen) atoms. The number of hydrogen-bond donors (Lipinski definition) is 0. The fraction of sp³-hybridized carbons (Fsp3) is 1.00. The Morgan fingerprint density at radius 3 is 2.53 bits per heavy atom. The molecule has 0 aromatic heterocycles. The maximum absolute atomic E-state index is 5.89. The average Bonchev–Trinajstić information content (AvgIpc) is 2.97. The molecule has 0 radical (unpaired) electrons. The maximum Gasteiger partial charge on any atom is 0.0703 e. The second-order valence-corrected chi connectivity index (χ2v) is 5.52. The Morgan fingerprint density at radius 2 is 2.00 bits per heavy atom. The molecule has 1 saturated heterocycles. The van der Waals surface area contributed by atoms with Gasteiger partial charge in [-0.3, -0.25) is 4.90 Å². The lowest BCUT2D eigenvalue weighted by Crippen LogP contribution is -2.48. The third-order valence-electron chi connectivity index (χ3n) is 4.12. The molecule has 2 aliphatic rings. The van der Waals surface area contributed by atoms with E-state index in [2.05, 4.69) is 25.7 Å². The van der Waals surface area contributed by atoms with Crippen molar-refractivity contribution in [3.05, 3.63) is 0 Å². The van der Waals surface area contributed by atoms with E-state index in [-0.39, 0.29) is 0 Å². The Balaban J connectivity index is 1.86. The van der Waals surface area contributed by atoms with Crippen LogP contribution in [-0.2, 0) is 4.74 Å². The van der Waals surface area contributed by atoms with Gasteiger partial charge in [-0.15, -0.1) is 0 Å². The van der Waals surface area contributed by atoms with Crippen molar-refractivity contribution in [1.29, 1.82) is 0 Å². The van der Waals surface area contributed by atoms with Crippen molar-refractivity contribution in [2.75, 3.05) is 19.6 Å². The van der Waals surface area contributed by atoms with E-state index in [0.29, 0.717) is 17.6 Å². The van der Waals surface area contributed by atoms with Gasteiger partial charge in [0.2, 0.25) is 0 Å². The first kappa shape index (κ1) is 11.4. The van der Waals surface area contributed by atoms with E-state index >= 15 is 0 Å². The summed E-state index contributed by atoms with van der Waals surface area (Å²) >= 11 is 0. The normalized spacial score (nSPS) is 35.4. The van der Waals surface area contributed by atoms with Crippen molar-refractivity contribution in [2.24, 2.45) is 5.41 Å². The van der Waals surface area contributed by atoms with Crippen molar-refractivity contribution < 1.29 is 4.74 Å². The molecule has 1 saturated carbocycles. The standard InChI is InChI=1S/C13H25NO/c1-4-12-9-14(8-11(3)15-12)10-13(5-2)6-7-13/h11-12H,4-10H2,1-3H3/t11-,12-/m0/s1. The molecule has 2 rings (SSSR count). The van der Waals surface area contributed by atoms with Gasteiger partial charge >= 0.3 is 0 Å². The predicted octanol–water partition coefficient (Wildman–Crippen LogP) is 2.68. The van der Waals surface area contributed by atoms with E-state index in [1.54, 1.807) is 0 Å². The van der Waals surface area contributed by atoms with Crippen LogP contribution in [0.15, 0.2) is 0 Å². The Kier molecular flexibility index (Phi) is 3.36. The maximum atomic E-state index is 5.89. The smallest absolute Gasteiger partial charge is 0.0703 e. The molecule has 2 fully saturated rings. The minimum absolute atomic E-state index is 0.427. The van der Waals surface area contributed by atoms with Crippen molar-refractivity contribution in [3.63, 3.8) is 0 Å². The zero-order valence-electron chi connectivity index (χ0n) is 10.5. The van der Waals surface area contributed by atoms with Crippen LogP contribution in [0.4, 0.5) is 0 Å². The van der Waals surface area contributed by atoms with Gasteiger partial charge in [0.1, 0.15) is 0 Å². The molecule has 0 unspecified atom stereocenters. The molecule has 2 heteroatoms. The zero-order valence-corrected chi connectivity index (χ0v) is 10.5. The van der Waals surface area contributed by atoms with Crippen LogP contribution in [0.25, 0.3) is 0 Å². The topological polar surface area (TPSA) is 12.5 Å². The van der Waals surface area contributed by atoms with Crippen LogP contribution in [0.5, 0.6) is 0 Å². The Morgan fingerprint density at radius 1 is 1.27 bits per heavy atom. The van der Waals surface area contributed by atoms with Gasteiger partial charge in [0.15, 0.2) is 0 Å². The predicted molar refractivity (Wildman–Crippen MR) is 63.0 cm³/mol. The summed E-state index contributed by atoms with van der Waals surface area (Å²) in [6.07, 6.45) is 6.31. The van der Waals surface area contributed by atoms with Gasteiger partial charge in [-0.1, -0.05) is 13.8 Å². The van der Waals surface area contributed by atoms with Crippen LogP contribution >= 0.6 is 0 Å². The third kappa shape index (κ3) is 2.73. The van der Waals surface area contributed by atoms with Crippen LogP contribution < -0.4 is 0 Å². The molecule has 0 N–H and O–H groups in total. The highest BCUT2D eigenvalue weighted by Gasteiger charge is 2.42. The number of morpholine rings is 1. The molecule has 0 aromatic carbocycles. The first-order valence-corrected chi connectivity index (χ1v) is 6.55. The molecule has 2 nitrogen and oxygen atoms in total. The van der Waals surface area contributed by atoms with Crippen LogP contribution in [-0.4, -0.2) is 36.7 Å². The zero-order chi connectivity index (χ0) is 10.9. The van der Waals surface area contributed by atoms with E-state index in [4.69, 9.17) is 4.74 Å². The van der Waals surface area contributed by atoms with Crippen LogP contribution in [0, 0.1) is 5.41 Å². The first-order valence-electron chi connectivity index (χ1n) is 6.55. The largest absolute Gasteiger partial charge is 0.373 e. The summed E-state index contributed by atoms with van der Waals surface area (Å²) in [4.78, 5) is 2.64. The molecular formula is C13H25NO. The molecule has 1 aliphatic heterocycles. The monoisotopic (exact) mass is 211 g/mol. The summed E-state index contributed by atoms with van der Waals surface area (Å²) in [5.41, 5.74) is 0.690. The summed E-state index contributed by atoms with van der Waals surface area (Å²) in [7, 11) is 0. The van der Waals surface area contributed by atoms with Crippen LogP contribution in [0.2, 0.25) is 0 Å². The van der Waals surface area contributed by atoms with Gasteiger partial charge in [-0.2, -0.15) is 0 Å². The summed E-state index contributed by atoms with van der Waals surface area (Å²) in [6.45, 7) is 10.4. The van der Waals surface area contributed by atoms with Crippen molar-refractivity contribution in [2.45, 2.75) is 58.7 Å². The Hall–Kier alpha value is -0.0800. The van der Waals surface area contributed by atoms with E-state index in [1.807, 2.05) is 0 Å². The fourth-order valence-electron chi connectivity index (χ4n) is 2.77. The minimum atomic E-state index is 0.427. The van der Waals surface area contributed by atoms with Gasteiger partial charge < -0.3 is 4.74 Å². The summed E-state index contributed by atoms with van der Waals surface area (Å²) in [5, 5.41) is 0. The van der Waals surface area contributed by atoms with Gasteiger partial charge in [0, 0.05) is 19.6 Å². The molecular weight excluding hydrogens is 186 g/mol. The molecule has 88 valence electrons. The second-order valence-electron chi connectivity index (χ2n) is 5.52. The van der Waals surface area contributed by atoms with Crippen molar-refractivity contribution in [3.8, 4) is 0 Å². The van der Waals surface area contributed by atoms with E-state index < -0.39 is 0 Å².